The maximum Gasteiger partial charge on any atom is 0.317 e. The third kappa shape index (κ3) is 3.22. The number of carboxylic acid groups (broad SMARTS) is 1. The first-order valence-corrected chi connectivity index (χ1v) is 6.84. The van der Waals surface area contributed by atoms with E-state index in [0.29, 0.717) is 19.5 Å². The predicted octanol–water partition coefficient (Wildman–Crippen LogP) is 1.68. The molecule has 0 spiro atoms. The molecule has 2 N–H and O–H groups in total. The van der Waals surface area contributed by atoms with Gasteiger partial charge >= 0.3 is 12.0 Å². The van der Waals surface area contributed by atoms with Crippen LogP contribution < -0.4 is 5.32 Å². The highest BCUT2D eigenvalue weighted by atomic mass is 32.1. The topological polar surface area (TPSA) is 69.6 Å². The summed E-state index contributed by atoms with van der Waals surface area (Å²) in [5.41, 5.74) is 1.23. The second kappa shape index (κ2) is 5.86. The normalized spacial score (nSPS) is 14.1. The molecule has 2 amide bonds. The molecule has 1 aromatic heterocycles. The summed E-state index contributed by atoms with van der Waals surface area (Å²) in [5, 5.41) is 13.3. The van der Waals surface area contributed by atoms with Crippen molar-refractivity contribution in [2.24, 2.45) is 0 Å². The fourth-order valence-corrected chi connectivity index (χ4v) is 2.86. The number of carbonyl (C=O) groups is 2. The van der Waals surface area contributed by atoms with E-state index in [-0.39, 0.29) is 12.5 Å². The summed E-state index contributed by atoms with van der Waals surface area (Å²) in [4.78, 5) is 25.3. The average molecular weight is 268 g/mol. The summed E-state index contributed by atoms with van der Waals surface area (Å²) >= 11 is 1.74. The first-order valence-electron chi connectivity index (χ1n) is 5.96. The number of carboxylic acids is 1. The van der Waals surface area contributed by atoms with Crippen molar-refractivity contribution in [1.82, 2.24) is 10.2 Å². The molecule has 1 aliphatic rings. The molecule has 0 radical (unpaired) electrons. The zero-order valence-corrected chi connectivity index (χ0v) is 10.8. The number of fused-ring (bicyclic) bond motifs is 1. The Morgan fingerprint density at radius 1 is 1.50 bits per heavy atom. The van der Waals surface area contributed by atoms with Gasteiger partial charge in [-0.15, -0.1) is 11.3 Å². The summed E-state index contributed by atoms with van der Waals surface area (Å²) in [7, 11) is 0. The lowest BCUT2D eigenvalue weighted by molar-refractivity contribution is -0.137. The lowest BCUT2D eigenvalue weighted by atomic mass is 10.1. The van der Waals surface area contributed by atoms with Gasteiger partial charge in [-0.25, -0.2) is 4.79 Å². The quantitative estimate of drug-likeness (QED) is 0.816. The molecule has 1 aromatic rings. The van der Waals surface area contributed by atoms with Gasteiger partial charge in [-0.05, 0) is 29.9 Å². The van der Waals surface area contributed by atoms with E-state index in [4.69, 9.17) is 5.11 Å². The number of urea groups is 1. The van der Waals surface area contributed by atoms with Gasteiger partial charge < -0.3 is 15.3 Å². The van der Waals surface area contributed by atoms with Crippen LogP contribution in [0.3, 0.4) is 0 Å². The van der Waals surface area contributed by atoms with Crippen molar-refractivity contribution in [3.8, 4) is 0 Å². The maximum atomic E-state index is 11.8. The molecule has 0 fully saturated rings. The molecule has 0 unspecified atom stereocenters. The zero-order chi connectivity index (χ0) is 13.0. The van der Waals surface area contributed by atoms with E-state index in [1.807, 2.05) is 0 Å². The molecular formula is C12H16N2O3S. The highest BCUT2D eigenvalue weighted by molar-refractivity contribution is 7.10. The fourth-order valence-electron chi connectivity index (χ4n) is 1.97. The van der Waals surface area contributed by atoms with Crippen molar-refractivity contribution in [3.05, 3.63) is 21.9 Å². The number of hydrogen-bond acceptors (Lipinski definition) is 3. The van der Waals surface area contributed by atoms with Gasteiger partial charge in [0, 0.05) is 30.9 Å². The van der Waals surface area contributed by atoms with E-state index >= 15 is 0 Å². The van der Waals surface area contributed by atoms with Gasteiger partial charge in [-0.1, -0.05) is 0 Å². The lowest BCUT2D eigenvalue weighted by Gasteiger charge is -2.27. The van der Waals surface area contributed by atoms with Crippen LogP contribution in [0.1, 0.15) is 23.3 Å². The van der Waals surface area contributed by atoms with Crippen LogP contribution in [0.4, 0.5) is 4.79 Å². The number of hydrogen-bond donors (Lipinski definition) is 2. The zero-order valence-electron chi connectivity index (χ0n) is 10.0. The van der Waals surface area contributed by atoms with Crippen molar-refractivity contribution in [3.63, 3.8) is 0 Å². The second-order valence-corrected chi connectivity index (χ2v) is 5.27. The Hall–Kier alpha value is -1.56. The molecule has 2 rings (SSSR count). The third-order valence-corrected chi connectivity index (χ3v) is 3.96. The Kier molecular flexibility index (Phi) is 4.19. The van der Waals surface area contributed by atoms with Gasteiger partial charge in [0.15, 0.2) is 0 Å². The Balaban J connectivity index is 1.75. The fraction of sp³-hybridized carbons (Fsp3) is 0.500. The number of carbonyl (C=O) groups excluding carboxylic acids is 1. The van der Waals surface area contributed by atoms with E-state index in [9.17, 15) is 9.59 Å². The number of aliphatic carboxylic acids is 1. The van der Waals surface area contributed by atoms with Gasteiger partial charge in [0.1, 0.15) is 0 Å². The molecule has 0 saturated heterocycles. The van der Waals surface area contributed by atoms with Crippen LogP contribution in [0.5, 0.6) is 0 Å². The smallest absolute Gasteiger partial charge is 0.317 e. The van der Waals surface area contributed by atoms with Crippen LogP contribution >= 0.6 is 11.3 Å². The monoisotopic (exact) mass is 268 g/mol. The van der Waals surface area contributed by atoms with E-state index in [0.717, 1.165) is 13.0 Å². The van der Waals surface area contributed by atoms with Crippen LogP contribution in [0.25, 0.3) is 0 Å². The Morgan fingerprint density at radius 2 is 2.33 bits per heavy atom. The molecule has 6 heteroatoms. The number of amides is 2. The van der Waals surface area contributed by atoms with Crippen LogP contribution in [0, 0.1) is 0 Å². The summed E-state index contributed by atoms with van der Waals surface area (Å²) < 4.78 is 0. The largest absolute Gasteiger partial charge is 0.481 e. The van der Waals surface area contributed by atoms with Crippen LogP contribution in [0.15, 0.2) is 11.4 Å². The van der Waals surface area contributed by atoms with Crippen molar-refractivity contribution in [2.75, 3.05) is 13.1 Å². The van der Waals surface area contributed by atoms with Crippen LogP contribution in [0.2, 0.25) is 0 Å². The Bertz CT molecular complexity index is 444. The second-order valence-electron chi connectivity index (χ2n) is 4.27. The van der Waals surface area contributed by atoms with Crippen LogP contribution in [-0.2, 0) is 17.8 Å². The van der Waals surface area contributed by atoms with Gasteiger partial charge in [0.25, 0.3) is 0 Å². The Morgan fingerprint density at radius 3 is 3.11 bits per heavy atom. The minimum absolute atomic E-state index is 0.0922. The van der Waals surface area contributed by atoms with E-state index < -0.39 is 5.97 Å². The number of thiophene rings is 1. The molecule has 0 atom stereocenters. The van der Waals surface area contributed by atoms with Crippen molar-refractivity contribution in [2.45, 2.75) is 25.8 Å². The number of rotatable bonds is 4. The van der Waals surface area contributed by atoms with Crippen molar-refractivity contribution in [1.29, 1.82) is 0 Å². The standard InChI is InChI=1S/C12H16N2O3S/c15-11(16)2-1-5-13-12(17)14-6-3-10-9(8-14)4-7-18-10/h4,7H,1-3,5-6,8H2,(H,13,17)(H,15,16). The van der Waals surface area contributed by atoms with Crippen LogP contribution in [-0.4, -0.2) is 35.1 Å². The summed E-state index contributed by atoms with van der Waals surface area (Å²) in [6.45, 7) is 1.81. The minimum Gasteiger partial charge on any atom is -0.481 e. The molecule has 5 nitrogen and oxygen atoms in total. The third-order valence-electron chi connectivity index (χ3n) is 2.94. The molecule has 0 aliphatic carbocycles. The molecule has 18 heavy (non-hydrogen) atoms. The van der Waals surface area contributed by atoms with Gasteiger partial charge in [-0.2, -0.15) is 0 Å². The van der Waals surface area contributed by atoms with Gasteiger partial charge in [0.05, 0.1) is 0 Å². The molecule has 0 bridgehead atoms. The SMILES string of the molecule is O=C(O)CCCNC(=O)N1CCc2sccc2C1. The van der Waals surface area contributed by atoms with E-state index in [1.54, 1.807) is 16.2 Å². The highest BCUT2D eigenvalue weighted by Crippen LogP contribution is 2.23. The summed E-state index contributed by atoms with van der Waals surface area (Å²) in [5.74, 6) is -0.829. The summed E-state index contributed by atoms with van der Waals surface area (Å²) in [6.07, 6.45) is 1.48. The average Bonchev–Trinajstić information content (AvgIpc) is 2.81. The first kappa shape index (κ1) is 12.9. The lowest BCUT2D eigenvalue weighted by Crippen LogP contribution is -2.42. The van der Waals surface area contributed by atoms with Gasteiger partial charge in [-0.3, -0.25) is 4.79 Å². The molecule has 0 aromatic carbocycles. The minimum atomic E-state index is -0.829. The van der Waals surface area contributed by atoms with Gasteiger partial charge in [0.2, 0.25) is 0 Å². The summed E-state index contributed by atoms with van der Waals surface area (Å²) in [6, 6.07) is 1.96. The maximum absolute atomic E-state index is 11.8. The molecule has 98 valence electrons. The van der Waals surface area contributed by atoms with Crippen molar-refractivity contribution < 1.29 is 14.7 Å². The molecule has 0 saturated carbocycles. The predicted molar refractivity (Wildman–Crippen MR) is 68.7 cm³/mol. The molecule has 2 heterocycles. The molecular weight excluding hydrogens is 252 g/mol. The number of nitrogens with zero attached hydrogens (tertiary/aromatic N) is 1. The number of nitrogens with one attached hydrogen (secondary N) is 1. The molecule has 1 aliphatic heterocycles. The van der Waals surface area contributed by atoms with E-state index in [1.165, 1.54) is 10.4 Å². The Labute approximate surface area is 109 Å². The first-order chi connectivity index (χ1) is 8.66. The van der Waals surface area contributed by atoms with E-state index in [2.05, 4.69) is 16.8 Å². The highest BCUT2D eigenvalue weighted by Gasteiger charge is 2.20. The van der Waals surface area contributed by atoms with Crippen molar-refractivity contribution >= 4 is 23.3 Å².